The van der Waals surface area contributed by atoms with Crippen molar-refractivity contribution >= 4 is 6.03 Å². The van der Waals surface area contributed by atoms with E-state index < -0.39 is 6.61 Å². The zero-order chi connectivity index (χ0) is 22.3. The lowest BCUT2D eigenvalue weighted by Crippen LogP contribution is -2.38. The van der Waals surface area contributed by atoms with Crippen molar-refractivity contribution in [1.29, 1.82) is 0 Å². The fraction of sp³-hybridized carbons (Fsp3) is 0.409. The molecule has 1 unspecified atom stereocenters. The molecule has 0 spiro atoms. The molecule has 8 heteroatoms. The van der Waals surface area contributed by atoms with Crippen LogP contribution in [0, 0.1) is 0 Å². The third kappa shape index (κ3) is 6.79. The number of benzene rings is 2. The van der Waals surface area contributed by atoms with Crippen LogP contribution in [0.5, 0.6) is 17.2 Å². The lowest BCUT2D eigenvalue weighted by atomic mass is 10.1. The molecule has 0 aliphatic heterocycles. The monoisotopic (exact) mass is 422 g/mol. The van der Waals surface area contributed by atoms with E-state index in [0.29, 0.717) is 18.0 Å². The first-order valence-corrected chi connectivity index (χ1v) is 9.59. The Labute approximate surface area is 175 Å². The van der Waals surface area contributed by atoms with Gasteiger partial charge in [0.25, 0.3) is 0 Å². The van der Waals surface area contributed by atoms with Crippen LogP contribution in [0.1, 0.15) is 37.9 Å². The number of ether oxygens (including phenoxy) is 3. The second kappa shape index (κ2) is 10.7. The van der Waals surface area contributed by atoms with Crippen LogP contribution in [0.25, 0.3) is 0 Å². The van der Waals surface area contributed by atoms with Gasteiger partial charge in [-0.3, -0.25) is 0 Å². The minimum Gasteiger partial charge on any atom is -0.493 e. The molecule has 0 aromatic heterocycles. The van der Waals surface area contributed by atoms with Crippen molar-refractivity contribution in [3.05, 3.63) is 53.6 Å². The van der Waals surface area contributed by atoms with Crippen molar-refractivity contribution in [2.24, 2.45) is 0 Å². The second-order valence-corrected chi connectivity index (χ2v) is 7.13. The maximum Gasteiger partial charge on any atom is 0.387 e. The van der Waals surface area contributed by atoms with Gasteiger partial charge < -0.3 is 24.4 Å². The summed E-state index contributed by atoms with van der Waals surface area (Å²) in [5.41, 5.74) is 1.66. The molecule has 0 aliphatic carbocycles. The van der Waals surface area contributed by atoms with E-state index in [2.05, 4.69) is 10.1 Å². The predicted molar refractivity (Wildman–Crippen MR) is 110 cm³/mol. The van der Waals surface area contributed by atoms with Gasteiger partial charge in [-0.25, -0.2) is 4.79 Å². The molecule has 0 saturated heterocycles. The highest BCUT2D eigenvalue weighted by atomic mass is 19.3. The van der Waals surface area contributed by atoms with Gasteiger partial charge >= 0.3 is 12.6 Å². The summed E-state index contributed by atoms with van der Waals surface area (Å²) in [6, 6.07) is 11.2. The van der Waals surface area contributed by atoms with Crippen LogP contribution in [0.3, 0.4) is 0 Å². The minimum atomic E-state index is -2.87. The van der Waals surface area contributed by atoms with Crippen molar-refractivity contribution in [3.8, 4) is 17.2 Å². The molecule has 1 N–H and O–H groups in total. The summed E-state index contributed by atoms with van der Waals surface area (Å²) in [4.78, 5) is 14.1. The molecular weight excluding hydrogens is 394 g/mol. The second-order valence-electron chi connectivity index (χ2n) is 7.13. The zero-order valence-electron chi connectivity index (χ0n) is 17.8. The predicted octanol–water partition coefficient (Wildman–Crippen LogP) is 4.99. The van der Waals surface area contributed by atoms with Gasteiger partial charge in [-0.05, 0) is 56.2 Å². The molecule has 0 radical (unpaired) electrons. The first-order chi connectivity index (χ1) is 14.2. The first kappa shape index (κ1) is 23.3. The van der Waals surface area contributed by atoms with E-state index in [-0.39, 0.29) is 23.9 Å². The van der Waals surface area contributed by atoms with E-state index >= 15 is 0 Å². The molecule has 2 amide bonds. The Hall–Kier alpha value is -3.03. The number of carbonyl (C=O) groups excluding carboxylic acids is 1. The Balaban J connectivity index is 1.97. The molecule has 164 valence electrons. The summed E-state index contributed by atoms with van der Waals surface area (Å²) >= 11 is 0. The fourth-order valence-electron chi connectivity index (χ4n) is 2.81. The van der Waals surface area contributed by atoms with Gasteiger partial charge in [0.1, 0.15) is 5.75 Å². The quantitative estimate of drug-likeness (QED) is 0.619. The highest BCUT2D eigenvalue weighted by Crippen LogP contribution is 2.31. The third-order valence-electron chi connectivity index (χ3n) is 4.31. The summed E-state index contributed by atoms with van der Waals surface area (Å²) in [5.74, 6) is 1.32. The van der Waals surface area contributed by atoms with Crippen LogP contribution < -0.4 is 19.5 Å². The van der Waals surface area contributed by atoms with Crippen LogP contribution in [0.15, 0.2) is 42.5 Å². The zero-order valence-corrected chi connectivity index (χ0v) is 17.8. The average molecular weight is 422 g/mol. The number of nitrogens with one attached hydrogen (secondary N) is 1. The minimum absolute atomic E-state index is 0.0199. The molecule has 0 saturated carbocycles. The van der Waals surface area contributed by atoms with E-state index in [1.54, 1.807) is 26.3 Å². The number of methoxy groups -OCH3 is 1. The number of amides is 2. The van der Waals surface area contributed by atoms with Crippen molar-refractivity contribution in [1.82, 2.24) is 10.2 Å². The van der Waals surface area contributed by atoms with Gasteiger partial charge in [0.2, 0.25) is 0 Å². The van der Waals surface area contributed by atoms with Gasteiger partial charge in [-0.15, -0.1) is 0 Å². The Morgan fingerprint density at radius 2 is 1.70 bits per heavy atom. The van der Waals surface area contributed by atoms with Crippen molar-refractivity contribution < 1.29 is 27.8 Å². The number of alkyl halides is 2. The molecule has 2 aromatic rings. The van der Waals surface area contributed by atoms with E-state index in [0.717, 1.165) is 11.1 Å². The normalized spacial score (nSPS) is 11.9. The highest BCUT2D eigenvalue weighted by molar-refractivity contribution is 5.74. The number of rotatable bonds is 9. The highest BCUT2D eigenvalue weighted by Gasteiger charge is 2.16. The summed E-state index contributed by atoms with van der Waals surface area (Å²) in [5, 5.41) is 2.93. The number of urea groups is 1. The van der Waals surface area contributed by atoms with Gasteiger partial charge in [0.15, 0.2) is 11.5 Å². The van der Waals surface area contributed by atoms with Crippen molar-refractivity contribution in [3.63, 3.8) is 0 Å². The van der Waals surface area contributed by atoms with E-state index in [4.69, 9.17) is 9.47 Å². The van der Waals surface area contributed by atoms with Gasteiger partial charge in [0.05, 0.1) is 19.3 Å². The molecule has 2 rings (SSSR count). The van der Waals surface area contributed by atoms with Crippen LogP contribution in [0.2, 0.25) is 0 Å². The number of hydrogen-bond donors (Lipinski definition) is 1. The lowest BCUT2D eigenvalue weighted by molar-refractivity contribution is -0.0498. The molecule has 0 aliphatic rings. The molecular formula is C22H28F2N2O4. The number of nitrogens with zero attached hydrogens (tertiary/aromatic N) is 1. The largest absolute Gasteiger partial charge is 0.493 e. The number of hydrogen-bond acceptors (Lipinski definition) is 4. The molecule has 6 nitrogen and oxygen atoms in total. The first-order valence-electron chi connectivity index (χ1n) is 9.59. The fourth-order valence-corrected chi connectivity index (χ4v) is 2.81. The van der Waals surface area contributed by atoms with Crippen LogP contribution in [-0.4, -0.2) is 37.8 Å². The SMILES string of the molecule is COc1cc(C(C)NC(=O)N(C)Cc2ccc(OC(F)F)cc2)ccc1OC(C)C. The number of carbonyl (C=O) groups is 1. The average Bonchev–Trinajstić information content (AvgIpc) is 2.68. The molecule has 0 bridgehead atoms. The molecule has 30 heavy (non-hydrogen) atoms. The molecule has 0 fully saturated rings. The smallest absolute Gasteiger partial charge is 0.387 e. The van der Waals surface area contributed by atoms with Gasteiger partial charge in [-0.1, -0.05) is 18.2 Å². The summed E-state index contributed by atoms with van der Waals surface area (Å²) < 4.78 is 39.9. The number of halogens is 2. The standard InChI is InChI=1S/C22H28F2N2O4/c1-14(2)29-19-11-8-17(12-20(19)28-5)15(3)25-22(27)26(4)13-16-6-9-18(10-7-16)30-21(23)24/h6-12,14-15,21H,13H2,1-5H3,(H,25,27). The van der Waals surface area contributed by atoms with Crippen molar-refractivity contribution in [2.75, 3.05) is 14.2 Å². The van der Waals surface area contributed by atoms with Gasteiger partial charge in [-0.2, -0.15) is 8.78 Å². The molecule has 1 atom stereocenters. The third-order valence-corrected chi connectivity index (χ3v) is 4.31. The van der Waals surface area contributed by atoms with Gasteiger partial charge in [0, 0.05) is 13.6 Å². The lowest BCUT2D eigenvalue weighted by Gasteiger charge is -2.22. The Morgan fingerprint density at radius 3 is 2.27 bits per heavy atom. The topological polar surface area (TPSA) is 60.0 Å². The van der Waals surface area contributed by atoms with Crippen molar-refractivity contribution in [2.45, 2.75) is 46.1 Å². The Bertz CT molecular complexity index is 828. The summed E-state index contributed by atoms with van der Waals surface area (Å²) in [7, 11) is 3.23. The van der Waals surface area contributed by atoms with Crippen LogP contribution >= 0.6 is 0 Å². The molecule has 0 heterocycles. The summed E-state index contributed by atoms with van der Waals surface area (Å²) in [6.45, 7) is 3.20. The van der Waals surface area contributed by atoms with E-state index in [1.807, 2.05) is 39.0 Å². The Kier molecular flexibility index (Phi) is 8.26. The van der Waals surface area contributed by atoms with Crippen LogP contribution in [0.4, 0.5) is 13.6 Å². The maximum atomic E-state index is 12.5. The summed E-state index contributed by atoms with van der Waals surface area (Å²) in [6.07, 6.45) is 0.0199. The molecule has 2 aromatic carbocycles. The van der Waals surface area contributed by atoms with Crippen LogP contribution in [-0.2, 0) is 6.54 Å². The maximum absolute atomic E-state index is 12.5. The van der Waals surface area contributed by atoms with E-state index in [9.17, 15) is 13.6 Å². The Morgan fingerprint density at radius 1 is 1.03 bits per heavy atom. The van der Waals surface area contributed by atoms with E-state index in [1.165, 1.54) is 17.0 Å².